The molecule has 0 aliphatic carbocycles. The van der Waals surface area contributed by atoms with Gasteiger partial charge >= 0.3 is 0 Å². The molecule has 21 heavy (non-hydrogen) atoms. The van der Waals surface area contributed by atoms with Crippen LogP contribution in [0.1, 0.15) is 36.5 Å². The van der Waals surface area contributed by atoms with Crippen molar-refractivity contribution in [3.63, 3.8) is 0 Å². The molecular weight excluding hydrogens is 401 g/mol. The number of amides is 1. The van der Waals surface area contributed by atoms with Crippen molar-refractivity contribution in [2.24, 2.45) is 0 Å². The maximum Gasteiger partial charge on any atom is 0.254 e. The molecule has 1 aromatic carbocycles. The number of carbonyl (C=O) groups excluding carboxylic acids is 1. The first kappa shape index (κ1) is 16.7. The monoisotopic (exact) mass is 421 g/mol. The number of hydrogen-bond acceptors (Lipinski definition) is 3. The lowest BCUT2D eigenvalue weighted by Crippen LogP contribution is -2.41. The predicted molar refractivity (Wildman–Crippen MR) is 92.2 cm³/mol. The minimum atomic E-state index is -2.98. The van der Waals surface area contributed by atoms with Gasteiger partial charge in [0.15, 0.2) is 9.84 Å². The average Bonchev–Trinajstić information content (AvgIpc) is 2.80. The molecule has 0 bridgehead atoms. The highest BCUT2D eigenvalue weighted by Gasteiger charge is 2.34. The van der Waals surface area contributed by atoms with Crippen LogP contribution < -0.4 is 0 Å². The summed E-state index contributed by atoms with van der Waals surface area (Å²) in [6.07, 6.45) is 2.44. The largest absolute Gasteiger partial charge is 0.335 e. The van der Waals surface area contributed by atoms with E-state index in [-0.39, 0.29) is 23.5 Å². The van der Waals surface area contributed by atoms with Gasteiger partial charge in [-0.05, 0) is 59.7 Å². The van der Waals surface area contributed by atoms with Gasteiger partial charge in [-0.15, -0.1) is 0 Å². The van der Waals surface area contributed by atoms with E-state index in [4.69, 9.17) is 0 Å². The second-order valence-electron chi connectivity index (χ2n) is 5.42. The summed E-state index contributed by atoms with van der Waals surface area (Å²) >= 11 is 2.20. The molecule has 4 nitrogen and oxygen atoms in total. The second kappa shape index (κ2) is 7.09. The Kier molecular flexibility index (Phi) is 5.65. The second-order valence-corrected chi connectivity index (χ2v) is 8.89. The smallest absolute Gasteiger partial charge is 0.254 e. The van der Waals surface area contributed by atoms with E-state index in [1.165, 1.54) is 0 Å². The molecule has 0 aromatic heterocycles. The van der Waals surface area contributed by atoms with E-state index in [9.17, 15) is 13.2 Å². The van der Waals surface area contributed by atoms with Gasteiger partial charge in [0.1, 0.15) is 0 Å². The summed E-state index contributed by atoms with van der Waals surface area (Å²) < 4.78 is 24.4. The van der Waals surface area contributed by atoms with Gasteiger partial charge in [-0.2, -0.15) is 0 Å². The Hall–Kier alpha value is -0.630. The molecule has 1 aromatic rings. The van der Waals surface area contributed by atoms with Crippen molar-refractivity contribution in [2.45, 2.75) is 32.2 Å². The van der Waals surface area contributed by atoms with Crippen LogP contribution in [0.5, 0.6) is 0 Å². The van der Waals surface area contributed by atoms with Gasteiger partial charge in [-0.25, -0.2) is 8.42 Å². The van der Waals surface area contributed by atoms with Crippen molar-refractivity contribution in [1.29, 1.82) is 0 Å². The zero-order chi connectivity index (χ0) is 15.5. The zero-order valence-corrected chi connectivity index (χ0v) is 15.1. The molecule has 0 saturated carbocycles. The molecule has 1 atom stereocenters. The number of sulfone groups is 1. The molecule has 1 amide bonds. The quantitative estimate of drug-likeness (QED) is 0.688. The van der Waals surface area contributed by atoms with E-state index in [0.29, 0.717) is 18.5 Å². The Balaban J connectivity index is 2.19. The fourth-order valence-electron chi connectivity index (χ4n) is 2.56. The first-order valence-corrected chi connectivity index (χ1v) is 10.1. The summed E-state index contributed by atoms with van der Waals surface area (Å²) in [4.78, 5) is 14.4. The highest BCUT2D eigenvalue weighted by Crippen LogP contribution is 2.21. The van der Waals surface area contributed by atoms with Crippen LogP contribution in [0.3, 0.4) is 0 Å². The van der Waals surface area contributed by atoms with Crippen LogP contribution in [-0.4, -0.2) is 43.3 Å². The van der Waals surface area contributed by atoms with E-state index in [1.54, 1.807) is 4.90 Å². The normalized spacial score (nSPS) is 20.4. The lowest BCUT2D eigenvalue weighted by Gasteiger charge is -2.28. The Morgan fingerprint density at radius 2 is 2.00 bits per heavy atom. The van der Waals surface area contributed by atoms with Crippen molar-refractivity contribution in [1.82, 2.24) is 4.90 Å². The number of hydrogen-bond donors (Lipinski definition) is 0. The fourth-order valence-corrected chi connectivity index (χ4v) is 4.65. The van der Waals surface area contributed by atoms with Gasteiger partial charge in [0, 0.05) is 21.7 Å². The number of halogens is 1. The van der Waals surface area contributed by atoms with E-state index in [2.05, 4.69) is 29.5 Å². The number of benzene rings is 1. The van der Waals surface area contributed by atoms with Crippen molar-refractivity contribution in [3.8, 4) is 0 Å². The highest BCUT2D eigenvalue weighted by molar-refractivity contribution is 14.1. The van der Waals surface area contributed by atoms with Gasteiger partial charge in [-0.1, -0.05) is 13.3 Å². The fraction of sp³-hybridized carbons (Fsp3) is 0.533. The van der Waals surface area contributed by atoms with E-state index in [0.717, 1.165) is 16.4 Å². The summed E-state index contributed by atoms with van der Waals surface area (Å²) in [5.74, 6) is 0.245. The molecule has 1 aliphatic rings. The molecule has 1 heterocycles. The van der Waals surface area contributed by atoms with Gasteiger partial charge in [0.2, 0.25) is 0 Å². The summed E-state index contributed by atoms with van der Waals surface area (Å²) in [5.41, 5.74) is 0.635. The number of rotatable bonds is 5. The van der Waals surface area contributed by atoms with Crippen LogP contribution in [0.15, 0.2) is 24.3 Å². The first-order chi connectivity index (χ1) is 9.93. The van der Waals surface area contributed by atoms with Crippen LogP contribution in [0.25, 0.3) is 0 Å². The molecule has 116 valence electrons. The van der Waals surface area contributed by atoms with Crippen LogP contribution in [0.2, 0.25) is 0 Å². The Bertz CT molecular complexity index is 598. The molecule has 2 rings (SSSR count). The first-order valence-electron chi connectivity index (χ1n) is 7.20. The Labute approximate surface area is 140 Å². The third-order valence-corrected chi connectivity index (χ3v) is 6.22. The molecule has 6 heteroatoms. The number of nitrogens with zero attached hydrogens (tertiary/aromatic N) is 1. The van der Waals surface area contributed by atoms with Crippen molar-refractivity contribution < 1.29 is 13.2 Å². The lowest BCUT2D eigenvalue weighted by atomic mass is 10.1. The van der Waals surface area contributed by atoms with Gasteiger partial charge in [0.05, 0.1) is 11.5 Å². The Morgan fingerprint density at radius 1 is 1.33 bits per heavy atom. The molecule has 0 N–H and O–H groups in total. The van der Waals surface area contributed by atoms with Crippen molar-refractivity contribution in [2.75, 3.05) is 18.1 Å². The van der Waals surface area contributed by atoms with Crippen LogP contribution in [-0.2, 0) is 9.84 Å². The van der Waals surface area contributed by atoms with Gasteiger partial charge in [-0.3, -0.25) is 4.79 Å². The summed E-state index contributed by atoms with van der Waals surface area (Å²) in [6.45, 7) is 2.69. The summed E-state index contributed by atoms with van der Waals surface area (Å²) in [5, 5.41) is 0. The predicted octanol–water partition coefficient (Wildman–Crippen LogP) is 2.72. The SMILES string of the molecule is CCCCN(C(=O)c1ccc(I)cc1)C1CCS(=O)(=O)C1. The summed E-state index contributed by atoms with van der Waals surface area (Å²) in [7, 11) is -2.98. The zero-order valence-electron chi connectivity index (χ0n) is 12.1. The number of carbonyl (C=O) groups is 1. The maximum absolute atomic E-state index is 12.7. The topological polar surface area (TPSA) is 54.5 Å². The lowest BCUT2D eigenvalue weighted by molar-refractivity contribution is 0.0694. The molecule has 1 unspecified atom stereocenters. The van der Waals surface area contributed by atoms with E-state index < -0.39 is 9.84 Å². The molecular formula is C15H20INO3S. The molecule has 1 aliphatic heterocycles. The van der Waals surface area contributed by atoms with Gasteiger partial charge < -0.3 is 4.90 Å². The van der Waals surface area contributed by atoms with Crippen molar-refractivity contribution >= 4 is 38.3 Å². The molecule has 1 fully saturated rings. The molecule has 0 radical (unpaired) electrons. The van der Waals surface area contributed by atoms with E-state index in [1.807, 2.05) is 24.3 Å². The average molecular weight is 421 g/mol. The summed E-state index contributed by atoms with van der Waals surface area (Å²) in [6, 6.07) is 7.25. The minimum absolute atomic E-state index is 0.0537. The van der Waals surface area contributed by atoms with Crippen LogP contribution in [0.4, 0.5) is 0 Å². The third-order valence-electron chi connectivity index (χ3n) is 3.75. The van der Waals surface area contributed by atoms with Crippen molar-refractivity contribution in [3.05, 3.63) is 33.4 Å². The standard InChI is InChI=1S/C15H20INO3S/c1-2-3-9-17(14-8-10-21(19,20)11-14)15(18)12-4-6-13(16)7-5-12/h4-7,14H,2-3,8-11H2,1H3. The minimum Gasteiger partial charge on any atom is -0.335 e. The molecule has 1 saturated heterocycles. The maximum atomic E-state index is 12.7. The van der Waals surface area contributed by atoms with Crippen LogP contribution in [0, 0.1) is 3.57 Å². The third kappa shape index (κ3) is 4.42. The van der Waals surface area contributed by atoms with E-state index >= 15 is 0 Å². The number of unbranched alkanes of at least 4 members (excludes halogenated alkanes) is 1. The molecule has 0 spiro atoms. The highest BCUT2D eigenvalue weighted by atomic mass is 127. The van der Waals surface area contributed by atoms with Crippen LogP contribution >= 0.6 is 22.6 Å². The Morgan fingerprint density at radius 3 is 2.52 bits per heavy atom. The van der Waals surface area contributed by atoms with Gasteiger partial charge in [0.25, 0.3) is 5.91 Å².